The van der Waals surface area contributed by atoms with E-state index < -0.39 is 0 Å². The fourth-order valence-electron chi connectivity index (χ4n) is 1.27. The predicted octanol–water partition coefficient (Wildman–Crippen LogP) is 2.83. The fourth-order valence-corrected chi connectivity index (χ4v) is 1.60. The Morgan fingerprint density at radius 2 is 1.87 bits per heavy atom. The second-order valence-electron chi connectivity index (χ2n) is 3.07. The fraction of sp³-hybridized carbons (Fsp3) is 0. The van der Waals surface area contributed by atoms with E-state index in [0.29, 0.717) is 21.3 Å². The van der Waals surface area contributed by atoms with Crippen LogP contribution in [0.1, 0.15) is 5.69 Å². The molecule has 0 unspecified atom stereocenters. The van der Waals surface area contributed by atoms with Crippen LogP contribution in [0, 0.1) is 5.41 Å². The van der Waals surface area contributed by atoms with Gasteiger partial charge in [0.2, 0.25) is 0 Å². The van der Waals surface area contributed by atoms with Crippen LogP contribution in [-0.2, 0) is 0 Å². The molecule has 0 fully saturated rings. The van der Waals surface area contributed by atoms with Gasteiger partial charge < -0.3 is 5.73 Å². The highest BCUT2D eigenvalue weighted by Gasteiger charge is 2.04. The Labute approximate surface area is 96.3 Å². The van der Waals surface area contributed by atoms with Crippen LogP contribution in [0.2, 0.25) is 10.0 Å². The van der Waals surface area contributed by atoms with E-state index in [9.17, 15) is 0 Å². The molecule has 0 amide bonds. The van der Waals surface area contributed by atoms with Gasteiger partial charge in [0.1, 0.15) is 11.5 Å². The number of pyridine rings is 1. The molecule has 3 nitrogen and oxygen atoms in total. The summed E-state index contributed by atoms with van der Waals surface area (Å²) in [5, 5.41) is 9.06. The molecule has 0 saturated carbocycles. The Kier molecular flexibility index (Phi) is 2.50. The molecule has 0 bridgehead atoms. The van der Waals surface area contributed by atoms with Crippen LogP contribution >= 0.6 is 23.2 Å². The van der Waals surface area contributed by atoms with E-state index in [2.05, 4.69) is 4.98 Å². The molecule has 0 aliphatic carbocycles. The number of hydrogen-bond acceptors (Lipinski definition) is 2. The van der Waals surface area contributed by atoms with E-state index in [1.165, 1.54) is 0 Å². The number of nitrogens with zero attached hydrogens (tertiary/aromatic N) is 1. The molecule has 1 aromatic carbocycles. The van der Waals surface area contributed by atoms with Crippen LogP contribution in [0.25, 0.3) is 10.9 Å². The molecule has 0 aliphatic heterocycles. The smallest absolute Gasteiger partial charge is 0.141 e. The lowest BCUT2D eigenvalue weighted by atomic mass is 10.2. The molecule has 1 aromatic heterocycles. The van der Waals surface area contributed by atoms with Crippen molar-refractivity contribution in [3.8, 4) is 0 Å². The highest BCUT2D eigenvalue weighted by atomic mass is 35.5. The maximum absolute atomic E-state index is 7.26. The van der Waals surface area contributed by atoms with Gasteiger partial charge >= 0.3 is 0 Å². The normalized spacial score (nSPS) is 10.5. The number of nitrogens with one attached hydrogen (secondary N) is 1. The van der Waals surface area contributed by atoms with Crippen LogP contribution in [0.15, 0.2) is 24.3 Å². The lowest BCUT2D eigenvalue weighted by Crippen LogP contribution is -2.12. The molecule has 0 radical (unpaired) electrons. The van der Waals surface area contributed by atoms with E-state index >= 15 is 0 Å². The summed E-state index contributed by atoms with van der Waals surface area (Å²) in [6.45, 7) is 0. The third kappa shape index (κ3) is 1.89. The Morgan fingerprint density at radius 3 is 2.53 bits per heavy atom. The topological polar surface area (TPSA) is 62.8 Å². The van der Waals surface area contributed by atoms with Crippen molar-refractivity contribution in [1.29, 1.82) is 5.41 Å². The number of rotatable bonds is 1. The molecular weight excluding hydrogens is 233 g/mol. The summed E-state index contributed by atoms with van der Waals surface area (Å²) in [6, 6.07) is 6.87. The third-order valence-corrected chi connectivity index (χ3v) is 2.73. The van der Waals surface area contributed by atoms with Crippen molar-refractivity contribution in [3.63, 3.8) is 0 Å². The molecule has 0 atom stereocenters. The first-order chi connectivity index (χ1) is 7.08. The zero-order valence-corrected chi connectivity index (χ0v) is 9.10. The Morgan fingerprint density at radius 1 is 1.20 bits per heavy atom. The van der Waals surface area contributed by atoms with Gasteiger partial charge in [-0.15, -0.1) is 0 Å². The van der Waals surface area contributed by atoms with Crippen molar-refractivity contribution in [1.82, 2.24) is 4.98 Å². The molecule has 0 aliphatic rings. The summed E-state index contributed by atoms with van der Waals surface area (Å²) in [6.07, 6.45) is 0. The number of halogens is 2. The summed E-state index contributed by atoms with van der Waals surface area (Å²) >= 11 is 11.7. The molecule has 15 heavy (non-hydrogen) atoms. The number of benzene rings is 1. The zero-order chi connectivity index (χ0) is 11.0. The van der Waals surface area contributed by atoms with Gasteiger partial charge in [0, 0.05) is 5.39 Å². The van der Waals surface area contributed by atoms with Crippen molar-refractivity contribution in [2.24, 2.45) is 5.73 Å². The molecular formula is C10H7Cl2N3. The molecule has 3 N–H and O–H groups in total. The monoisotopic (exact) mass is 239 g/mol. The van der Waals surface area contributed by atoms with Crippen molar-refractivity contribution < 1.29 is 0 Å². The number of nitrogens with two attached hydrogens (primary N) is 1. The van der Waals surface area contributed by atoms with Crippen LogP contribution in [-0.4, -0.2) is 10.8 Å². The van der Waals surface area contributed by atoms with Crippen molar-refractivity contribution in [3.05, 3.63) is 40.0 Å². The summed E-state index contributed by atoms with van der Waals surface area (Å²) in [5.41, 5.74) is 6.44. The molecule has 2 aromatic rings. The van der Waals surface area contributed by atoms with Gasteiger partial charge in [0.25, 0.3) is 0 Å². The number of amidine groups is 1. The second-order valence-corrected chi connectivity index (χ2v) is 3.88. The minimum Gasteiger partial charge on any atom is -0.382 e. The quantitative estimate of drug-likeness (QED) is 0.594. The second kappa shape index (κ2) is 3.68. The minimum absolute atomic E-state index is 0.0667. The maximum atomic E-state index is 7.26. The first kappa shape index (κ1) is 10.2. The van der Waals surface area contributed by atoms with E-state index in [4.69, 9.17) is 34.3 Å². The van der Waals surface area contributed by atoms with E-state index in [1.54, 1.807) is 24.3 Å². The number of nitrogen functional groups attached to an aromatic ring is 1. The molecule has 1 heterocycles. The van der Waals surface area contributed by atoms with Gasteiger partial charge in [-0.2, -0.15) is 0 Å². The summed E-state index contributed by atoms with van der Waals surface area (Å²) in [7, 11) is 0. The van der Waals surface area contributed by atoms with Gasteiger partial charge in [0.15, 0.2) is 0 Å². The van der Waals surface area contributed by atoms with Crippen LogP contribution < -0.4 is 5.73 Å². The largest absolute Gasteiger partial charge is 0.382 e. The average Bonchev–Trinajstić information content (AvgIpc) is 2.19. The van der Waals surface area contributed by atoms with Gasteiger partial charge in [0.05, 0.1) is 15.6 Å². The molecule has 76 valence electrons. The average molecular weight is 240 g/mol. The Hall–Kier alpha value is -1.32. The lowest BCUT2D eigenvalue weighted by Gasteiger charge is -2.02. The zero-order valence-electron chi connectivity index (χ0n) is 7.59. The van der Waals surface area contributed by atoms with Crippen molar-refractivity contribution >= 4 is 39.9 Å². The molecule has 0 spiro atoms. The van der Waals surface area contributed by atoms with Crippen LogP contribution in [0.5, 0.6) is 0 Å². The summed E-state index contributed by atoms with van der Waals surface area (Å²) in [5.74, 6) is -0.0667. The van der Waals surface area contributed by atoms with E-state index in [1.807, 2.05) is 0 Å². The predicted molar refractivity (Wildman–Crippen MR) is 62.8 cm³/mol. The SMILES string of the molecule is N=C(N)c1ccc2cc(Cl)c(Cl)cc2n1. The molecule has 0 saturated heterocycles. The van der Waals surface area contributed by atoms with Gasteiger partial charge in [-0.05, 0) is 18.2 Å². The van der Waals surface area contributed by atoms with E-state index in [-0.39, 0.29) is 5.84 Å². The van der Waals surface area contributed by atoms with Gasteiger partial charge in [-0.25, -0.2) is 4.98 Å². The van der Waals surface area contributed by atoms with Gasteiger partial charge in [-0.3, -0.25) is 5.41 Å². The van der Waals surface area contributed by atoms with Crippen LogP contribution in [0.3, 0.4) is 0 Å². The Balaban J connectivity index is 2.72. The number of hydrogen-bond donors (Lipinski definition) is 2. The summed E-state index contributed by atoms with van der Waals surface area (Å²) in [4.78, 5) is 4.18. The minimum atomic E-state index is -0.0667. The highest BCUT2D eigenvalue weighted by molar-refractivity contribution is 6.42. The highest BCUT2D eigenvalue weighted by Crippen LogP contribution is 2.26. The van der Waals surface area contributed by atoms with E-state index in [0.717, 1.165) is 5.39 Å². The number of fused-ring (bicyclic) bond motifs is 1. The third-order valence-electron chi connectivity index (χ3n) is 2.01. The summed E-state index contributed by atoms with van der Waals surface area (Å²) < 4.78 is 0. The van der Waals surface area contributed by atoms with Crippen molar-refractivity contribution in [2.75, 3.05) is 0 Å². The first-order valence-corrected chi connectivity index (χ1v) is 4.94. The number of aromatic nitrogens is 1. The van der Waals surface area contributed by atoms with Crippen LogP contribution in [0.4, 0.5) is 0 Å². The lowest BCUT2D eigenvalue weighted by molar-refractivity contribution is 1.31. The van der Waals surface area contributed by atoms with Crippen molar-refractivity contribution in [2.45, 2.75) is 0 Å². The first-order valence-electron chi connectivity index (χ1n) is 4.18. The van der Waals surface area contributed by atoms with Gasteiger partial charge in [-0.1, -0.05) is 29.3 Å². The molecule has 5 heteroatoms. The molecule has 2 rings (SSSR count). The standard InChI is InChI=1S/C10H7Cl2N3/c11-6-3-5-1-2-8(10(13)14)15-9(5)4-7(6)12/h1-4H,(H3,13,14). The Bertz CT molecular complexity index is 552. The maximum Gasteiger partial charge on any atom is 0.141 e.